The summed E-state index contributed by atoms with van der Waals surface area (Å²) < 4.78 is 0. The second-order valence-electron chi connectivity index (χ2n) is 6.72. The van der Waals surface area contributed by atoms with Crippen LogP contribution in [-0.2, 0) is 16.1 Å². The van der Waals surface area contributed by atoms with Crippen LogP contribution in [0.1, 0.15) is 52.2 Å². The van der Waals surface area contributed by atoms with E-state index in [4.69, 9.17) is 0 Å². The molecule has 0 bridgehead atoms. The molecule has 0 heterocycles. The highest BCUT2D eigenvalue weighted by atomic mass is 16.2. The maximum atomic E-state index is 12.4. The van der Waals surface area contributed by atoms with Gasteiger partial charge in [-0.05, 0) is 45.7 Å². The minimum atomic E-state index is -0.494. The summed E-state index contributed by atoms with van der Waals surface area (Å²) in [5.41, 5.74) is 1.88. The van der Waals surface area contributed by atoms with Gasteiger partial charge in [-0.1, -0.05) is 31.2 Å². The van der Waals surface area contributed by atoms with Crippen molar-refractivity contribution in [3.63, 3.8) is 0 Å². The van der Waals surface area contributed by atoms with E-state index in [2.05, 4.69) is 5.32 Å². The second-order valence-corrected chi connectivity index (χ2v) is 6.72. The molecule has 0 unspecified atom stereocenters. The first-order valence-corrected chi connectivity index (χ1v) is 7.81. The number of carbonyl (C=O) groups excluding carboxylic acids is 2. The van der Waals surface area contributed by atoms with Crippen molar-refractivity contribution in [3.8, 4) is 0 Å². The van der Waals surface area contributed by atoms with Crippen molar-refractivity contribution in [1.82, 2.24) is 10.2 Å². The number of hydrogen-bond donors (Lipinski definition) is 1. The lowest BCUT2D eigenvalue weighted by atomic mass is 10.1. The molecule has 122 valence electrons. The van der Waals surface area contributed by atoms with Crippen LogP contribution in [0.15, 0.2) is 24.3 Å². The zero-order valence-electron chi connectivity index (χ0n) is 14.6. The lowest BCUT2D eigenvalue weighted by Crippen LogP contribution is -2.52. The van der Waals surface area contributed by atoms with E-state index in [1.165, 1.54) is 0 Å². The maximum absolute atomic E-state index is 12.4. The normalized spacial score (nSPS) is 12.6. The quantitative estimate of drug-likeness (QED) is 0.909. The summed E-state index contributed by atoms with van der Waals surface area (Å²) in [6.07, 6.45) is 0.388. The number of amides is 2. The van der Waals surface area contributed by atoms with E-state index >= 15 is 0 Å². The van der Waals surface area contributed by atoms with Gasteiger partial charge in [0, 0.05) is 18.5 Å². The third-order valence-electron chi connectivity index (χ3n) is 3.57. The molecule has 0 aliphatic carbocycles. The fourth-order valence-corrected chi connectivity index (χ4v) is 2.23. The van der Waals surface area contributed by atoms with Crippen molar-refractivity contribution >= 4 is 11.8 Å². The SMILES string of the molecule is CCC(=O)N(Cc1ccccc1C)[C@H](C)C(=O)NC(C)(C)C. The maximum Gasteiger partial charge on any atom is 0.242 e. The minimum Gasteiger partial charge on any atom is -0.350 e. The van der Waals surface area contributed by atoms with Gasteiger partial charge in [0.15, 0.2) is 0 Å². The Morgan fingerprint density at radius 3 is 2.32 bits per heavy atom. The van der Waals surface area contributed by atoms with Gasteiger partial charge in [-0.2, -0.15) is 0 Å². The van der Waals surface area contributed by atoms with Gasteiger partial charge in [0.2, 0.25) is 11.8 Å². The molecule has 0 aliphatic heterocycles. The van der Waals surface area contributed by atoms with Gasteiger partial charge >= 0.3 is 0 Å². The molecule has 0 radical (unpaired) electrons. The van der Waals surface area contributed by atoms with E-state index in [9.17, 15) is 9.59 Å². The Morgan fingerprint density at radius 2 is 1.82 bits per heavy atom. The molecule has 22 heavy (non-hydrogen) atoms. The van der Waals surface area contributed by atoms with Crippen LogP contribution in [0, 0.1) is 6.92 Å². The number of hydrogen-bond acceptors (Lipinski definition) is 2. The monoisotopic (exact) mass is 304 g/mol. The fraction of sp³-hybridized carbons (Fsp3) is 0.556. The van der Waals surface area contributed by atoms with Gasteiger partial charge in [-0.3, -0.25) is 9.59 Å². The van der Waals surface area contributed by atoms with Crippen LogP contribution in [0.25, 0.3) is 0 Å². The first-order chi connectivity index (χ1) is 10.2. The first kappa shape index (κ1) is 18.2. The molecule has 1 rings (SSSR count). The van der Waals surface area contributed by atoms with Gasteiger partial charge in [0.1, 0.15) is 6.04 Å². The van der Waals surface area contributed by atoms with E-state index in [-0.39, 0.29) is 17.4 Å². The molecule has 1 N–H and O–H groups in total. The molecule has 1 aromatic rings. The van der Waals surface area contributed by atoms with Crippen LogP contribution in [0.2, 0.25) is 0 Å². The highest BCUT2D eigenvalue weighted by molar-refractivity contribution is 5.87. The number of rotatable bonds is 5. The third kappa shape index (κ3) is 5.17. The molecule has 1 aromatic carbocycles. The topological polar surface area (TPSA) is 49.4 Å². The van der Waals surface area contributed by atoms with Crippen LogP contribution >= 0.6 is 0 Å². The van der Waals surface area contributed by atoms with Crippen molar-refractivity contribution in [1.29, 1.82) is 0 Å². The van der Waals surface area contributed by atoms with Crippen molar-refractivity contribution in [2.24, 2.45) is 0 Å². The second kappa shape index (κ2) is 7.43. The molecule has 0 saturated carbocycles. The summed E-state index contributed by atoms with van der Waals surface area (Å²) in [5.74, 6) is -0.136. The molecule has 0 aliphatic rings. The molecular weight excluding hydrogens is 276 g/mol. The summed E-state index contributed by atoms with van der Waals surface area (Å²) >= 11 is 0. The Balaban J connectivity index is 2.96. The molecule has 4 nitrogen and oxygen atoms in total. The number of carbonyl (C=O) groups is 2. The average molecular weight is 304 g/mol. The summed E-state index contributed by atoms with van der Waals surface area (Å²) in [6.45, 7) is 11.9. The van der Waals surface area contributed by atoms with E-state index in [1.807, 2.05) is 58.9 Å². The molecule has 2 amide bonds. The molecule has 0 fully saturated rings. The van der Waals surface area contributed by atoms with E-state index in [1.54, 1.807) is 11.8 Å². The zero-order valence-corrected chi connectivity index (χ0v) is 14.6. The van der Waals surface area contributed by atoms with Crippen LogP contribution in [0.4, 0.5) is 0 Å². The van der Waals surface area contributed by atoms with Crippen LogP contribution in [0.3, 0.4) is 0 Å². The van der Waals surface area contributed by atoms with Gasteiger partial charge in [0.25, 0.3) is 0 Å². The zero-order chi connectivity index (χ0) is 16.9. The summed E-state index contributed by atoms with van der Waals surface area (Å²) in [6, 6.07) is 7.45. The Labute approximate surface area is 133 Å². The Kier molecular flexibility index (Phi) is 6.15. The van der Waals surface area contributed by atoms with Crippen molar-refractivity contribution in [2.75, 3.05) is 0 Å². The van der Waals surface area contributed by atoms with Crippen LogP contribution in [0.5, 0.6) is 0 Å². The van der Waals surface area contributed by atoms with Gasteiger partial charge < -0.3 is 10.2 Å². The van der Waals surface area contributed by atoms with Gasteiger partial charge in [0.05, 0.1) is 0 Å². The van der Waals surface area contributed by atoms with Crippen LogP contribution < -0.4 is 5.32 Å². The lowest BCUT2D eigenvalue weighted by Gasteiger charge is -2.31. The lowest BCUT2D eigenvalue weighted by molar-refractivity contribution is -0.141. The fourth-order valence-electron chi connectivity index (χ4n) is 2.23. The highest BCUT2D eigenvalue weighted by Crippen LogP contribution is 2.15. The third-order valence-corrected chi connectivity index (χ3v) is 3.57. The Morgan fingerprint density at radius 1 is 1.23 bits per heavy atom. The number of benzene rings is 1. The predicted molar refractivity (Wildman–Crippen MR) is 89.4 cm³/mol. The van der Waals surface area contributed by atoms with Crippen molar-refractivity contribution < 1.29 is 9.59 Å². The van der Waals surface area contributed by atoms with Gasteiger partial charge in [-0.25, -0.2) is 0 Å². The molecule has 4 heteroatoms. The molecular formula is C18H28N2O2. The summed E-state index contributed by atoms with van der Waals surface area (Å²) in [7, 11) is 0. The Hall–Kier alpha value is -1.84. The van der Waals surface area contributed by atoms with Crippen molar-refractivity contribution in [3.05, 3.63) is 35.4 Å². The molecule has 0 saturated heterocycles. The number of aryl methyl sites for hydroxylation is 1. The summed E-state index contributed by atoms with van der Waals surface area (Å²) in [4.78, 5) is 26.3. The smallest absolute Gasteiger partial charge is 0.242 e. The largest absolute Gasteiger partial charge is 0.350 e. The standard InChI is InChI=1S/C18H28N2O2/c1-7-16(21)20(12-15-11-9-8-10-13(15)2)14(3)17(22)19-18(4,5)6/h8-11,14H,7,12H2,1-6H3,(H,19,22)/t14-/m1/s1. The summed E-state index contributed by atoms with van der Waals surface area (Å²) in [5, 5.41) is 2.95. The molecule has 0 spiro atoms. The molecule has 0 aromatic heterocycles. The minimum absolute atomic E-state index is 0.0141. The number of nitrogens with zero attached hydrogens (tertiary/aromatic N) is 1. The predicted octanol–water partition coefficient (Wildman–Crippen LogP) is 3.04. The van der Waals surface area contributed by atoms with Crippen LogP contribution in [-0.4, -0.2) is 28.3 Å². The van der Waals surface area contributed by atoms with Gasteiger partial charge in [-0.15, -0.1) is 0 Å². The molecule has 1 atom stereocenters. The number of nitrogens with one attached hydrogen (secondary N) is 1. The van der Waals surface area contributed by atoms with Crippen molar-refractivity contribution in [2.45, 2.75) is 66.1 Å². The van der Waals surface area contributed by atoms with E-state index < -0.39 is 6.04 Å². The first-order valence-electron chi connectivity index (χ1n) is 7.81. The van der Waals surface area contributed by atoms with E-state index in [0.717, 1.165) is 11.1 Å². The van der Waals surface area contributed by atoms with E-state index in [0.29, 0.717) is 13.0 Å². The highest BCUT2D eigenvalue weighted by Gasteiger charge is 2.27. The Bertz CT molecular complexity index is 532. The average Bonchev–Trinajstić information content (AvgIpc) is 2.43.